The molecule has 1 aromatic heterocycles. The number of carbonyl (C=O) groups excluding carboxylic acids is 1. The van der Waals surface area contributed by atoms with Crippen LogP contribution in [-0.2, 0) is 6.54 Å². The lowest BCUT2D eigenvalue weighted by Crippen LogP contribution is -2.25. The smallest absolute Gasteiger partial charge is 0.257 e. The molecule has 2 rings (SSSR count). The molecule has 0 saturated heterocycles. The second kappa shape index (κ2) is 4.69. The number of hydrogen-bond acceptors (Lipinski definition) is 3. The Morgan fingerprint density at radius 1 is 1.47 bits per heavy atom. The third kappa shape index (κ3) is 2.44. The molecular formula is C12H13N3O2. The van der Waals surface area contributed by atoms with Crippen LogP contribution in [0.5, 0.6) is 5.75 Å². The quantitative estimate of drug-likeness (QED) is 0.838. The number of phenolic OH excluding ortho intramolecular Hbond substituents is 1. The molecule has 0 saturated carbocycles. The maximum atomic E-state index is 11.9. The van der Waals surface area contributed by atoms with Crippen molar-refractivity contribution in [3.8, 4) is 5.75 Å². The maximum absolute atomic E-state index is 11.9. The first-order valence-electron chi connectivity index (χ1n) is 5.19. The van der Waals surface area contributed by atoms with Gasteiger partial charge < -0.3 is 10.0 Å². The Hall–Kier alpha value is -2.30. The molecule has 17 heavy (non-hydrogen) atoms. The minimum absolute atomic E-state index is 0.137. The Kier molecular flexibility index (Phi) is 3.09. The first-order valence-corrected chi connectivity index (χ1v) is 5.19. The lowest BCUT2D eigenvalue weighted by molar-refractivity contribution is 0.0784. The van der Waals surface area contributed by atoms with Crippen molar-refractivity contribution in [1.29, 1.82) is 0 Å². The van der Waals surface area contributed by atoms with Crippen LogP contribution >= 0.6 is 0 Å². The lowest BCUT2D eigenvalue weighted by Gasteiger charge is -2.16. The summed E-state index contributed by atoms with van der Waals surface area (Å²) in [7, 11) is 1.68. The van der Waals surface area contributed by atoms with Crippen LogP contribution in [0.2, 0.25) is 0 Å². The number of nitrogens with one attached hydrogen (secondary N) is 1. The van der Waals surface area contributed by atoms with E-state index in [0.29, 0.717) is 17.7 Å². The maximum Gasteiger partial charge on any atom is 0.257 e. The van der Waals surface area contributed by atoms with Gasteiger partial charge >= 0.3 is 0 Å². The van der Waals surface area contributed by atoms with E-state index >= 15 is 0 Å². The highest BCUT2D eigenvalue weighted by molar-refractivity contribution is 5.93. The summed E-state index contributed by atoms with van der Waals surface area (Å²) in [6.07, 6.45) is 3.02. The highest BCUT2D eigenvalue weighted by Gasteiger charge is 2.13. The van der Waals surface area contributed by atoms with Gasteiger partial charge in [-0.15, -0.1) is 0 Å². The molecule has 0 aliphatic rings. The molecule has 2 N–H and O–H groups in total. The van der Waals surface area contributed by atoms with E-state index in [1.807, 2.05) is 6.07 Å². The fourth-order valence-electron chi connectivity index (χ4n) is 1.56. The van der Waals surface area contributed by atoms with Crippen molar-refractivity contribution in [1.82, 2.24) is 15.1 Å². The van der Waals surface area contributed by atoms with Gasteiger partial charge in [0.05, 0.1) is 11.8 Å². The third-order valence-electron chi connectivity index (χ3n) is 2.49. The van der Waals surface area contributed by atoms with E-state index in [9.17, 15) is 9.90 Å². The van der Waals surface area contributed by atoms with Crippen LogP contribution in [0.4, 0.5) is 0 Å². The van der Waals surface area contributed by atoms with Gasteiger partial charge in [-0.25, -0.2) is 0 Å². The van der Waals surface area contributed by atoms with Crippen molar-refractivity contribution in [2.45, 2.75) is 6.54 Å². The van der Waals surface area contributed by atoms with E-state index < -0.39 is 0 Å². The van der Waals surface area contributed by atoms with Crippen molar-refractivity contribution >= 4 is 5.91 Å². The van der Waals surface area contributed by atoms with Gasteiger partial charge in [-0.05, 0) is 6.07 Å². The summed E-state index contributed by atoms with van der Waals surface area (Å²) in [6, 6.07) is 6.96. The molecule has 2 aromatic rings. The number of para-hydroxylation sites is 1. The molecule has 0 unspecified atom stereocenters. The Morgan fingerprint density at radius 2 is 2.24 bits per heavy atom. The van der Waals surface area contributed by atoms with Crippen LogP contribution < -0.4 is 0 Å². The first kappa shape index (κ1) is 11.2. The van der Waals surface area contributed by atoms with E-state index in [4.69, 9.17) is 0 Å². The zero-order chi connectivity index (χ0) is 12.3. The summed E-state index contributed by atoms with van der Waals surface area (Å²) in [5.41, 5.74) is 1.22. The number of carbonyl (C=O) groups is 1. The van der Waals surface area contributed by atoms with Gasteiger partial charge in [-0.2, -0.15) is 5.10 Å². The lowest BCUT2D eigenvalue weighted by atomic mass is 10.2. The number of nitrogens with zero attached hydrogens (tertiary/aromatic N) is 2. The molecular weight excluding hydrogens is 218 g/mol. The SMILES string of the molecule is CN(Cc1ccccc1O)C(=O)c1cn[nH]c1. The fraction of sp³-hybridized carbons (Fsp3) is 0.167. The Balaban J connectivity index is 2.10. The van der Waals surface area contributed by atoms with Crippen LogP contribution in [0.15, 0.2) is 36.7 Å². The number of amides is 1. The van der Waals surface area contributed by atoms with Crippen LogP contribution in [0, 0.1) is 0 Å². The average Bonchev–Trinajstić information content (AvgIpc) is 2.84. The molecule has 1 heterocycles. The van der Waals surface area contributed by atoms with Crippen LogP contribution in [-0.4, -0.2) is 33.2 Å². The van der Waals surface area contributed by atoms with E-state index in [-0.39, 0.29) is 11.7 Å². The summed E-state index contributed by atoms with van der Waals surface area (Å²) in [6.45, 7) is 0.358. The van der Waals surface area contributed by atoms with Gasteiger partial charge in [0.15, 0.2) is 0 Å². The van der Waals surface area contributed by atoms with Gasteiger partial charge in [-0.3, -0.25) is 9.89 Å². The van der Waals surface area contributed by atoms with Gasteiger partial charge in [-0.1, -0.05) is 18.2 Å². The van der Waals surface area contributed by atoms with Gasteiger partial charge in [0.1, 0.15) is 5.75 Å². The summed E-state index contributed by atoms with van der Waals surface area (Å²) >= 11 is 0. The second-order valence-electron chi connectivity index (χ2n) is 3.78. The van der Waals surface area contributed by atoms with Crippen LogP contribution in [0.1, 0.15) is 15.9 Å². The summed E-state index contributed by atoms with van der Waals surface area (Å²) in [4.78, 5) is 13.4. The molecule has 0 aliphatic heterocycles. The van der Waals surface area contributed by atoms with Crippen molar-refractivity contribution < 1.29 is 9.90 Å². The zero-order valence-electron chi connectivity index (χ0n) is 9.42. The minimum Gasteiger partial charge on any atom is -0.508 e. The van der Waals surface area contributed by atoms with E-state index in [2.05, 4.69) is 10.2 Å². The molecule has 0 radical (unpaired) electrons. The molecule has 0 aliphatic carbocycles. The van der Waals surface area contributed by atoms with Crippen molar-refractivity contribution in [3.63, 3.8) is 0 Å². The third-order valence-corrected chi connectivity index (χ3v) is 2.49. The number of benzene rings is 1. The number of hydrogen-bond donors (Lipinski definition) is 2. The Labute approximate surface area is 98.7 Å². The molecule has 0 spiro atoms. The van der Waals surface area contributed by atoms with Crippen LogP contribution in [0.25, 0.3) is 0 Å². The van der Waals surface area contributed by atoms with Gasteiger partial charge in [0.2, 0.25) is 0 Å². The number of aromatic hydroxyl groups is 1. The molecule has 0 fully saturated rings. The summed E-state index contributed by atoms with van der Waals surface area (Å²) in [5.74, 6) is 0.0568. The van der Waals surface area contributed by atoms with Crippen molar-refractivity contribution in [2.24, 2.45) is 0 Å². The summed E-state index contributed by atoms with van der Waals surface area (Å²) in [5, 5.41) is 15.9. The highest BCUT2D eigenvalue weighted by atomic mass is 16.3. The molecule has 1 aromatic carbocycles. The average molecular weight is 231 g/mol. The van der Waals surface area contributed by atoms with E-state index in [1.165, 1.54) is 11.1 Å². The predicted octanol–water partition coefficient (Wildman–Crippen LogP) is 1.39. The molecule has 5 nitrogen and oxygen atoms in total. The standard InChI is InChI=1S/C12H13N3O2/c1-15(12(17)10-6-13-14-7-10)8-9-4-2-3-5-11(9)16/h2-7,16H,8H2,1H3,(H,13,14). The molecule has 5 heteroatoms. The van der Waals surface area contributed by atoms with E-state index in [1.54, 1.807) is 31.4 Å². The molecule has 88 valence electrons. The second-order valence-corrected chi connectivity index (χ2v) is 3.78. The fourth-order valence-corrected chi connectivity index (χ4v) is 1.56. The zero-order valence-corrected chi connectivity index (χ0v) is 9.42. The van der Waals surface area contributed by atoms with Crippen LogP contribution in [0.3, 0.4) is 0 Å². The topological polar surface area (TPSA) is 69.2 Å². The predicted molar refractivity (Wildman–Crippen MR) is 62.5 cm³/mol. The molecule has 1 amide bonds. The normalized spacial score (nSPS) is 10.2. The first-order chi connectivity index (χ1) is 8.18. The Bertz CT molecular complexity index is 508. The molecule has 0 atom stereocenters. The number of aromatic amines is 1. The minimum atomic E-state index is -0.137. The largest absolute Gasteiger partial charge is 0.508 e. The number of H-pyrrole nitrogens is 1. The molecule has 0 bridgehead atoms. The highest BCUT2D eigenvalue weighted by Crippen LogP contribution is 2.17. The van der Waals surface area contributed by atoms with E-state index in [0.717, 1.165) is 0 Å². The van der Waals surface area contributed by atoms with Gasteiger partial charge in [0.25, 0.3) is 5.91 Å². The number of rotatable bonds is 3. The van der Waals surface area contributed by atoms with Crippen molar-refractivity contribution in [3.05, 3.63) is 47.8 Å². The van der Waals surface area contributed by atoms with Crippen molar-refractivity contribution in [2.75, 3.05) is 7.05 Å². The number of aromatic nitrogens is 2. The summed E-state index contributed by atoms with van der Waals surface area (Å²) < 4.78 is 0. The Morgan fingerprint density at radius 3 is 2.88 bits per heavy atom. The van der Waals surface area contributed by atoms with Gasteiger partial charge in [0, 0.05) is 25.4 Å². The monoisotopic (exact) mass is 231 g/mol. The number of phenols is 1.